The lowest BCUT2D eigenvalue weighted by molar-refractivity contribution is 0.0994. The van der Waals surface area contributed by atoms with E-state index >= 15 is 0 Å². The Hall–Kier alpha value is -0.970. The first-order chi connectivity index (χ1) is 7.22. The van der Waals surface area contributed by atoms with Crippen molar-refractivity contribution in [3.63, 3.8) is 0 Å². The Morgan fingerprint density at radius 2 is 2.40 bits per heavy atom. The largest absolute Gasteiger partial charge is 0.313 e. The molecule has 2 rings (SSSR count). The number of nitrogens with zero attached hydrogens (tertiary/aromatic N) is 1. The number of carbonyl (C=O) groups excluding carboxylic acids is 1. The lowest BCUT2D eigenvalue weighted by atomic mass is 10.1. The molecule has 0 aliphatic carbocycles. The van der Waals surface area contributed by atoms with E-state index in [1.807, 2.05) is 0 Å². The summed E-state index contributed by atoms with van der Waals surface area (Å²) >= 11 is 7.53. The molecule has 78 valence electrons. The highest BCUT2D eigenvalue weighted by Crippen LogP contribution is 2.26. The number of benzene rings is 1. The molecule has 0 unspecified atom stereocenters. The van der Waals surface area contributed by atoms with Gasteiger partial charge in [-0.25, -0.2) is 4.98 Å². The van der Waals surface area contributed by atoms with E-state index in [0.717, 1.165) is 10.2 Å². The minimum atomic E-state index is -0.0163. The number of hydrogen-bond acceptors (Lipinski definition) is 4. The first kappa shape index (κ1) is 10.5. The quantitative estimate of drug-likeness (QED) is 0.838. The molecule has 3 nitrogen and oxygen atoms in total. The van der Waals surface area contributed by atoms with Gasteiger partial charge < -0.3 is 5.32 Å². The lowest BCUT2D eigenvalue weighted by Gasteiger charge is -2.02. The van der Waals surface area contributed by atoms with Gasteiger partial charge in [0, 0.05) is 5.56 Å². The predicted molar refractivity (Wildman–Crippen MR) is 62.9 cm³/mol. The fourth-order valence-corrected chi connectivity index (χ4v) is 2.38. The van der Waals surface area contributed by atoms with Crippen LogP contribution in [-0.2, 0) is 0 Å². The van der Waals surface area contributed by atoms with Crippen molar-refractivity contribution >= 4 is 38.9 Å². The number of thiazole rings is 1. The molecular weight excluding hydrogens is 232 g/mol. The molecule has 0 fully saturated rings. The molecule has 0 bridgehead atoms. The normalized spacial score (nSPS) is 10.8. The minimum absolute atomic E-state index is 0.0163. The molecule has 1 aromatic carbocycles. The zero-order chi connectivity index (χ0) is 10.8. The predicted octanol–water partition coefficient (Wildman–Crippen LogP) is 2.35. The zero-order valence-corrected chi connectivity index (χ0v) is 9.65. The van der Waals surface area contributed by atoms with Crippen LogP contribution in [0.25, 0.3) is 10.2 Å². The van der Waals surface area contributed by atoms with Crippen LogP contribution >= 0.6 is 22.9 Å². The van der Waals surface area contributed by atoms with Crippen molar-refractivity contribution in [2.24, 2.45) is 0 Å². The van der Waals surface area contributed by atoms with E-state index in [0.29, 0.717) is 10.6 Å². The summed E-state index contributed by atoms with van der Waals surface area (Å²) < 4.78 is 1.00. The molecule has 1 N–H and O–H groups in total. The summed E-state index contributed by atoms with van der Waals surface area (Å²) in [5.74, 6) is -0.0163. The molecule has 0 saturated heterocycles. The third-order valence-corrected chi connectivity index (χ3v) is 3.16. The summed E-state index contributed by atoms with van der Waals surface area (Å²) in [6, 6.07) is 3.53. The third-order valence-electron chi connectivity index (χ3n) is 2.06. The average molecular weight is 241 g/mol. The smallest absolute Gasteiger partial charge is 0.178 e. The number of aromatic nitrogens is 1. The van der Waals surface area contributed by atoms with Crippen molar-refractivity contribution in [2.45, 2.75) is 0 Å². The standard InChI is InChI=1S/C10H9ClN2OS/c1-12-4-9(14)6-2-8-10(3-7(6)11)15-5-13-8/h2-3,5,12H,4H2,1H3. The molecule has 0 saturated carbocycles. The number of hydrogen-bond donors (Lipinski definition) is 1. The van der Waals surface area contributed by atoms with Crippen LogP contribution in [0.4, 0.5) is 0 Å². The Bertz CT molecular complexity index is 509. The van der Waals surface area contributed by atoms with E-state index in [9.17, 15) is 4.79 Å². The highest BCUT2D eigenvalue weighted by Gasteiger charge is 2.11. The summed E-state index contributed by atoms with van der Waals surface area (Å²) in [4.78, 5) is 15.8. The van der Waals surface area contributed by atoms with Crippen LogP contribution in [0.2, 0.25) is 5.02 Å². The highest BCUT2D eigenvalue weighted by atomic mass is 35.5. The number of ketones is 1. The van der Waals surface area contributed by atoms with E-state index < -0.39 is 0 Å². The van der Waals surface area contributed by atoms with Crippen LogP contribution in [0, 0.1) is 0 Å². The van der Waals surface area contributed by atoms with Gasteiger partial charge in [0.15, 0.2) is 5.78 Å². The SMILES string of the molecule is CNCC(=O)c1cc2ncsc2cc1Cl. The van der Waals surface area contributed by atoms with Gasteiger partial charge in [0.05, 0.1) is 27.3 Å². The average Bonchev–Trinajstić information content (AvgIpc) is 2.63. The molecule has 15 heavy (non-hydrogen) atoms. The van der Waals surface area contributed by atoms with Gasteiger partial charge in [-0.15, -0.1) is 11.3 Å². The van der Waals surface area contributed by atoms with E-state index in [1.54, 1.807) is 24.7 Å². The first-order valence-corrected chi connectivity index (χ1v) is 5.68. The van der Waals surface area contributed by atoms with Crippen LogP contribution in [0.1, 0.15) is 10.4 Å². The number of Topliss-reactive ketones (excluding diaryl/α,β-unsaturated/α-hetero) is 1. The molecular formula is C10H9ClN2OS. The minimum Gasteiger partial charge on any atom is -0.313 e. The number of halogens is 1. The van der Waals surface area contributed by atoms with E-state index in [-0.39, 0.29) is 12.3 Å². The van der Waals surface area contributed by atoms with Crippen molar-refractivity contribution in [3.8, 4) is 0 Å². The Morgan fingerprint density at radius 1 is 1.60 bits per heavy atom. The Kier molecular flexibility index (Phi) is 3.00. The third kappa shape index (κ3) is 2.02. The van der Waals surface area contributed by atoms with Gasteiger partial charge in [-0.05, 0) is 19.2 Å². The van der Waals surface area contributed by atoms with Crippen LogP contribution in [0.15, 0.2) is 17.6 Å². The summed E-state index contributed by atoms with van der Waals surface area (Å²) in [5.41, 5.74) is 3.10. The fraction of sp³-hybridized carbons (Fsp3) is 0.200. The molecule has 0 radical (unpaired) electrons. The maximum Gasteiger partial charge on any atom is 0.178 e. The van der Waals surface area contributed by atoms with Gasteiger partial charge in [-0.2, -0.15) is 0 Å². The second kappa shape index (κ2) is 4.26. The number of likely N-dealkylation sites (N-methyl/N-ethyl adjacent to an activating group) is 1. The van der Waals surface area contributed by atoms with Crippen molar-refractivity contribution in [1.82, 2.24) is 10.3 Å². The number of rotatable bonds is 3. The van der Waals surface area contributed by atoms with Gasteiger partial charge >= 0.3 is 0 Å². The molecule has 2 aromatic rings. The van der Waals surface area contributed by atoms with E-state index in [4.69, 9.17) is 11.6 Å². The zero-order valence-electron chi connectivity index (χ0n) is 8.08. The van der Waals surface area contributed by atoms with Crippen molar-refractivity contribution in [1.29, 1.82) is 0 Å². The molecule has 5 heteroatoms. The topological polar surface area (TPSA) is 42.0 Å². The maximum absolute atomic E-state index is 11.7. The van der Waals surface area contributed by atoms with Gasteiger partial charge in [-0.3, -0.25) is 4.79 Å². The highest BCUT2D eigenvalue weighted by molar-refractivity contribution is 7.16. The summed E-state index contributed by atoms with van der Waals surface area (Å²) in [6.45, 7) is 0.287. The second-order valence-corrected chi connectivity index (χ2v) is 4.40. The summed E-state index contributed by atoms with van der Waals surface area (Å²) in [5, 5.41) is 3.30. The molecule has 0 aliphatic heterocycles. The summed E-state index contributed by atoms with van der Waals surface area (Å²) in [7, 11) is 1.73. The number of nitrogens with one attached hydrogen (secondary N) is 1. The molecule has 0 aliphatic rings. The van der Waals surface area contributed by atoms with Crippen molar-refractivity contribution < 1.29 is 4.79 Å². The van der Waals surface area contributed by atoms with Gasteiger partial charge in [0.25, 0.3) is 0 Å². The summed E-state index contributed by atoms with van der Waals surface area (Å²) in [6.07, 6.45) is 0. The molecule has 1 heterocycles. The van der Waals surface area contributed by atoms with Crippen LogP contribution in [0.5, 0.6) is 0 Å². The maximum atomic E-state index is 11.7. The van der Waals surface area contributed by atoms with Crippen molar-refractivity contribution in [2.75, 3.05) is 13.6 Å². The number of carbonyl (C=O) groups is 1. The lowest BCUT2D eigenvalue weighted by Crippen LogP contribution is -2.18. The van der Waals surface area contributed by atoms with Gasteiger partial charge in [0.2, 0.25) is 0 Å². The van der Waals surface area contributed by atoms with Crippen molar-refractivity contribution in [3.05, 3.63) is 28.2 Å². The molecule has 0 amide bonds. The fourth-order valence-electron chi connectivity index (χ4n) is 1.35. The van der Waals surface area contributed by atoms with Crippen LogP contribution < -0.4 is 5.32 Å². The van der Waals surface area contributed by atoms with Crippen LogP contribution in [0.3, 0.4) is 0 Å². The number of fused-ring (bicyclic) bond motifs is 1. The van der Waals surface area contributed by atoms with Gasteiger partial charge in [-0.1, -0.05) is 11.6 Å². The Morgan fingerprint density at radius 3 is 3.13 bits per heavy atom. The first-order valence-electron chi connectivity index (χ1n) is 4.43. The molecule has 1 aromatic heterocycles. The monoisotopic (exact) mass is 240 g/mol. The van der Waals surface area contributed by atoms with E-state index in [2.05, 4.69) is 10.3 Å². The molecule has 0 atom stereocenters. The van der Waals surface area contributed by atoms with E-state index in [1.165, 1.54) is 11.3 Å². The Balaban J connectivity index is 2.50. The van der Waals surface area contributed by atoms with Gasteiger partial charge in [0.1, 0.15) is 0 Å². The van der Waals surface area contributed by atoms with Crippen LogP contribution in [-0.4, -0.2) is 24.4 Å². The molecule has 0 spiro atoms. The second-order valence-electron chi connectivity index (χ2n) is 3.11. The Labute approximate surface area is 96.1 Å².